The molecule has 0 aromatic heterocycles. The molecule has 0 unspecified atom stereocenters. The van der Waals surface area contributed by atoms with Gasteiger partial charge in [-0.1, -0.05) is 91.0 Å². The van der Waals surface area contributed by atoms with Gasteiger partial charge in [0, 0.05) is 6.42 Å². The van der Waals surface area contributed by atoms with E-state index < -0.39 is 18.0 Å². The highest BCUT2D eigenvalue weighted by Gasteiger charge is 2.22. The minimum absolute atomic E-state index is 0.0209. The lowest BCUT2D eigenvalue weighted by Crippen LogP contribution is -2.49. The first-order valence-corrected chi connectivity index (χ1v) is 12.2. The number of Topliss-reactive ketones (excluding diaryl/α,β-unsaturated/α-hetero) is 1. The fraction of sp³-hybridized carbons (Fsp3) is 0.276. The monoisotopic (exact) mass is 520 g/mol. The van der Waals surface area contributed by atoms with E-state index in [1.807, 2.05) is 91.0 Å². The number of hydrogen-bond donors (Lipinski definition) is 2. The van der Waals surface area contributed by atoms with Gasteiger partial charge in [-0.3, -0.25) is 9.59 Å². The summed E-state index contributed by atoms with van der Waals surface area (Å²) in [5, 5.41) is 5.15. The van der Waals surface area contributed by atoms with Crippen molar-refractivity contribution < 1.29 is 33.3 Å². The zero-order valence-corrected chi connectivity index (χ0v) is 21.0. The van der Waals surface area contributed by atoms with Crippen molar-refractivity contribution in [2.75, 3.05) is 26.7 Å². The van der Waals surface area contributed by atoms with Gasteiger partial charge in [0.15, 0.2) is 5.78 Å². The van der Waals surface area contributed by atoms with Gasteiger partial charge in [-0.2, -0.15) is 0 Å². The minimum Gasteiger partial charge on any atom is -0.445 e. The molecule has 200 valence electrons. The summed E-state index contributed by atoms with van der Waals surface area (Å²) in [6.45, 7) is -0.123. The molecule has 38 heavy (non-hydrogen) atoms. The van der Waals surface area contributed by atoms with E-state index in [9.17, 15) is 14.4 Å². The Bertz CT molecular complexity index is 1110. The molecule has 0 aliphatic carbocycles. The molecule has 3 rings (SSSR count). The molecular formula is C29H32N2O7. The molecular weight excluding hydrogens is 488 g/mol. The Kier molecular flexibility index (Phi) is 12.5. The van der Waals surface area contributed by atoms with Crippen molar-refractivity contribution in [1.82, 2.24) is 10.6 Å². The minimum atomic E-state index is -0.931. The van der Waals surface area contributed by atoms with Crippen LogP contribution in [0.3, 0.4) is 0 Å². The second kappa shape index (κ2) is 16.6. The van der Waals surface area contributed by atoms with Gasteiger partial charge in [0.05, 0.1) is 13.2 Å². The van der Waals surface area contributed by atoms with Crippen LogP contribution in [0, 0.1) is 0 Å². The first-order valence-electron chi connectivity index (χ1n) is 12.2. The molecule has 3 aromatic rings. The molecule has 0 fully saturated rings. The summed E-state index contributed by atoms with van der Waals surface area (Å²) >= 11 is 0. The maximum atomic E-state index is 12.8. The maximum absolute atomic E-state index is 12.8. The zero-order valence-electron chi connectivity index (χ0n) is 21.0. The van der Waals surface area contributed by atoms with Crippen molar-refractivity contribution >= 4 is 17.8 Å². The van der Waals surface area contributed by atoms with Crippen LogP contribution in [0.25, 0.3) is 0 Å². The Morgan fingerprint density at radius 3 is 1.84 bits per heavy atom. The standard InChI is InChI=1S/C29H32N2O7/c32-26(20-36-22-37-21-35-18-24-12-6-2-7-13-24)17-30-28(33)27(16-23-10-4-1-5-11-23)31-29(34)38-19-25-14-8-3-9-15-25/h1-15,27H,16-22H2,(H,30,33)(H,31,34)/t27-/m0/s1. The van der Waals surface area contributed by atoms with Crippen molar-refractivity contribution in [3.8, 4) is 0 Å². The molecule has 1 atom stereocenters. The van der Waals surface area contributed by atoms with Gasteiger partial charge in [-0.05, 0) is 16.7 Å². The third kappa shape index (κ3) is 11.3. The molecule has 0 saturated carbocycles. The molecule has 0 heterocycles. The molecule has 9 nitrogen and oxygen atoms in total. The fourth-order valence-corrected chi connectivity index (χ4v) is 3.37. The van der Waals surface area contributed by atoms with E-state index in [1.54, 1.807) is 0 Å². The van der Waals surface area contributed by atoms with Crippen LogP contribution in [-0.2, 0) is 48.2 Å². The summed E-state index contributed by atoms with van der Waals surface area (Å²) in [5.41, 5.74) is 2.69. The number of carbonyl (C=O) groups excluding carboxylic acids is 3. The van der Waals surface area contributed by atoms with Crippen molar-refractivity contribution in [2.45, 2.75) is 25.7 Å². The average Bonchev–Trinajstić information content (AvgIpc) is 2.95. The largest absolute Gasteiger partial charge is 0.445 e. The van der Waals surface area contributed by atoms with Crippen molar-refractivity contribution in [2.24, 2.45) is 0 Å². The van der Waals surface area contributed by atoms with E-state index >= 15 is 0 Å². The van der Waals surface area contributed by atoms with E-state index in [4.69, 9.17) is 18.9 Å². The third-order valence-corrected chi connectivity index (χ3v) is 5.27. The summed E-state index contributed by atoms with van der Waals surface area (Å²) in [4.78, 5) is 37.3. The Morgan fingerprint density at radius 1 is 0.658 bits per heavy atom. The van der Waals surface area contributed by atoms with Crippen LogP contribution in [-0.4, -0.2) is 50.6 Å². The summed E-state index contributed by atoms with van der Waals surface area (Å²) < 4.78 is 21.0. The van der Waals surface area contributed by atoms with E-state index in [0.29, 0.717) is 6.61 Å². The summed E-state index contributed by atoms with van der Waals surface area (Å²) in [7, 11) is 0. The highest BCUT2D eigenvalue weighted by Crippen LogP contribution is 2.06. The molecule has 0 radical (unpaired) electrons. The smallest absolute Gasteiger partial charge is 0.408 e. The van der Waals surface area contributed by atoms with Gasteiger partial charge < -0.3 is 29.6 Å². The Labute approximate surface area is 222 Å². The molecule has 2 amide bonds. The van der Waals surface area contributed by atoms with Crippen LogP contribution in [0.15, 0.2) is 91.0 Å². The molecule has 2 N–H and O–H groups in total. The normalized spacial score (nSPS) is 11.4. The maximum Gasteiger partial charge on any atom is 0.408 e. The van der Waals surface area contributed by atoms with Crippen LogP contribution in [0.5, 0.6) is 0 Å². The van der Waals surface area contributed by atoms with Gasteiger partial charge in [-0.25, -0.2) is 4.79 Å². The number of rotatable bonds is 16. The van der Waals surface area contributed by atoms with Crippen LogP contribution in [0.2, 0.25) is 0 Å². The number of ketones is 1. The number of amides is 2. The van der Waals surface area contributed by atoms with Crippen LogP contribution in [0.4, 0.5) is 4.79 Å². The van der Waals surface area contributed by atoms with Gasteiger partial charge in [0.1, 0.15) is 32.8 Å². The number of hydrogen-bond acceptors (Lipinski definition) is 7. The van der Waals surface area contributed by atoms with Gasteiger partial charge in [0.2, 0.25) is 5.91 Å². The van der Waals surface area contributed by atoms with Gasteiger partial charge in [0.25, 0.3) is 0 Å². The highest BCUT2D eigenvalue weighted by molar-refractivity contribution is 5.90. The fourth-order valence-electron chi connectivity index (χ4n) is 3.37. The van der Waals surface area contributed by atoms with E-state index in [1.165, 1.54) is 0 Å². The molecule has 0 bridgehead atoms. The average molecular weight is 521 g/mol. The molecule has 0 aliphatic heterocycles. The molecule has 0 aliphatic rings. The summed E-state index contributed by atoms with van der Waals surface area (Å²) in [5.74, 6) is -0.860. The Balaban J connectivity index is 1.36. The predicted octanol–water partition coefficient (Wildman–Crippen LogP) is 3.37. The first kappa shape index (κ1) is 28.5. The number of ether oxygens (including phenoxy) is 4. The lowest BCUT2D eigenvalue weighted by atomic mass is 10.1. The molecule has 0 spiro atoms. The Hall–Kier alpha value is -4.05. The Morgan fingerprint density at radius 2 is 1.21 bits per heavy atom. The highest BCUT2D eigenvalue weighted by atomic mass is 16.7. The second-order valence-electron chi connectivity index (χ2n) is 8.33. The number of benzene rings is 3. The second-order valence-corrected chi connectivity index (χ2v) is 8.33. The van der Waals surface area contributed by atoms with Crippen molar-refractivity contribution in [1.29, 1.82) is 0 Å². The van der Waals surface area contributed by atoms with Crippen LogP contribution < -0.4 is 10.6 Å². The topological polar surface area (TPSA) is 112 Å². The lowest BCUT2D eigenvalue weighted by molar-refractivity contribution is -0.147. The number of nitrogens with one attached hydrogen (secondary N) is 2. The SMILES string of the molecule is O=C(CNC(=O)[C@H](Cc1ccccc1)NC(=O)OCc1ccccc1)COCOCOCc1ccccc1. The lowest BCUT2D eigenvalue weighted by Gasteiger charge is -2.18. The van der Waals surface area contributed by atoms with E-state index in [2.05, 4.69) is 10.6 Å². The van der Waals surface area contributed by atoms with Gasteiger partial charge >= 0.3 is 6.09 Å². The van der Waals surface area contributed by atoms with Gasteiger partial charge in [-0.15, -0.1) is 0 Å². The zero-order chi connectivity index (χ0) is 26.8. The number of carbonyl (C=O) groups is 3. The molecule has 3 aromatic carbocycles. The summed E-state index contributed by atoms with van der Waals surface area (Å²) in [6, 6.07) is 27.2. The van der Waals surface area contributed by atoms with E-state index in [-0.39, 0.29) is 45.5 Å². The summed E-state index contributed by atoms with van der Waals surface area (Å²) in [6.07, 6.45) is -0.500. The first-order chi connectivity index (χ1) is 18.6. The van der Waals surface area contributed by atoms with E-state index in [0.717, 1.165) is 16.7 Å². The molecule has 9 heteroatoms. The third-order valence-electron chi connectivity index (χ3n) is 5.27. The predicted molar refractivity (Wildman–Crippen MR) is 140 cm³/mol. The van der Waals surface area contributed by atoms with Crippen molar-refractivity contribution in [3.63, 3.8) is 0 Å². The number of alkyl carbamates (subject to hydrolysis) is 1. The van der Waals surface area contributed by atoms with Crippen LogP contribution in [0.1, 0.15) is 16.7 Å². The molecule has 0 saturated heterocycles. The quantitative estimate of drug-likeness (QED) is 0.220. The van der Waals surface area contributed by atoms with Crippen molar-refractivity contribution in [3.05, 3.63) is 108 Å². The van der Waals surface area contributed by atoms with Crippen LogP contribution >= 0.6 is 0 Å².